The Morgan fingerprint density at radius 2 is 1.41 bits per heavy atom. The number of carbonyl (C=O) groups excluding carboxylic acids is 3. The van der Waals surface area contributed by atoms with Crippen LogP contribution in [-0.4, -0.2) is 83.8 Å². The lowest BCUT2D eigenvalue weighted by Gasteiger charge is -2.35. The van der Waals surface area contributed by atoms with E-state index >= 15 is 0 Å². The second kappa shape index (κ2) is 10.2. The highest BCUT2D eigenvalue weighted by molar-refractivity contribution is 5.97. The Kier molecular flexibility index (Phi) is 7.14. The summed E-state index contributed by atoms with van der Waals surface area (Å²) >= 11 is 0. The van der Waals surface area contributed by atoms with Crippen molar-refractivity contribution in [1.82, 2.24) is 19.7 Å². The molecule has 0 unspecified atom stereocenters. The topological polar surface area (TPSA) is 83.1 Å². The van der Waals surface area contributed by atoms with E-state index in [9.17, 15) is 14.4 Å². The number of nitrogens with zero attached hydrogens (tertiary/aromatic N) is 4. The van der Waals surface area contributed by atoms with E-state index in [-0.39, 0.29) is 23.6 Å². The Hall–Kier alpha value is -3.42. The third-order valence-corrected chi connectivity index (χ3v) is 6.81. The molecule has 4 rings (SSSR count). The van der Waals surface area contributed by atoms with Crippen molar-refractivity contribution in [3.05, 3.63) is 58.9 Å². The van der Waals surface area contributed by atoms with Crippen LogP contribution in [0.5, 0.6) is 5.75 Å². The molecule has 0 radical (unpaired) electrons. The van der Waals surface area contributed by atoms with Crippen molar-refractivity contribution < 1.29 is 19.1 Å². The number of benzene rings is 1. The predicted octanol–water partition coefficient (Wildman–Crippen LogP) is 2.72. The molecule has 2 aliphatic rings. The van der Waals surface area contributed by atoms with E-state index in [1.54, 1.807) is 31.1 Å². The molecule has 3 heterocycles. The minimum Gasteiger partial charge on any atom is -0.496 e. The van der Waals surface area contributed by atoms with Gasteiger partial charge in [0.15, 0.2) is 0 Å². The Labute approximate surface area is 200 Å². The van der Waals surface area contributed by atoms with Gasteiger partial charge in [-0.2, -0.15) is 0 Å². The summed E-state index contributed by atoms with van der Waals surface area (Å²) in [7, 11) is 1.57. The van der Waals surface area contributed by atoms with Crippen molar-refractivity contribution in [2.45, 2.75) is 32.6 Å². The summed E-state index contributed by atoms with van der Waals surface area (Å²) in [6.07, 6.45) is 1.49. The Balaban J connectivity index is 1.46. The standard InChI is InChI=1S/C26H32N4O4/c1-18-8-9-22(26(33)30-16-14-28(15-17-30)19(2)31)24(27-18)20-10-12-29(13-11-20)25(32)21-6-4-5-7-23(21)34-3/h4-9,20H,10-17H2,1-3H3. The van der Waals surface area contributed by atoms with E-state index in [1.165, 1.54) is 0 Å². The van der Waals surface area contributed by atoms with Crippen LogP contribution in [0.2, 0.25) is 0 Å². The summed E-state index contributed by atoms with van der Waals surface area (Å²) in [6.45, 7) is 6.85. The number of likely N-dealkylation sites (tertiary alicyclic amines) is 1. The van der Waals surface area contributed by atoms with Gasteiger partial charge in [0.05, 0.1) is 23.9 Å². The SMILES string of the molecule is COc1ccccc1C(=O)N1CCC(c2nc(C)ccc2C(=O)N2CCN(C(C)=O)CC2)CC1. The monoisotopic (exact) mass is 464 g/mol. The van der Waals surface area contributed by atoms with Gasteiger partial charge in [-0.1, -0.05) is 12.1 Å². The predicted molar refractivity (Wildman–Crippen MR) is 128 cm³/mol. The summed E-state index contributed by atoms with van der Waals surface area (Å²) in [5, 5.41) is 0. The highest BCUT2D eigenvalue weighted by Crippen LogP contribution is 2.31. The van der Waals surface area contributed by atoms with Gasteiger partial charge in [-0.3, -0.25) is 19.4 Å². The lowest BCUT2D eigenvalue weighted by Crippen LogP contribution is -2.50. The van der Waals surface area contributed by atoms with Crippen LogP contribution >= 0.6 is 0 Å². The van der Waals surface area contributed by atoms with E-state index in [0.717, 1.165) is 24.2 Å². The molecule has 180 valence electrons. The molecular formula is C26H32N4O4. The number of piperidine rings is 1. The zero-order valence-electron chi connectivity index (χ0n) is 20.1. The van der Waals surface area contributed by atoms with Crippen molar-refractivity contribution in [3.8, 4) is 5.75 Å². The molecule has 1 aromatic carbocycles. The first kappa shape index (κ1) is 23.7. The summed E-state index contributed by atoms with van der Waals surface area (Å²) in [6, 6.07) is 11.0. The molecule has 0 saturated carbocycles. The van der Waals surface area contributed by atoms with Crippen LogP contribution < -0.4 is 4.74 Å². The lowest BCUT2D eigenvalue weighted by atomic mass is 9.89. The lowest BCUT2D eigenvalue weighted by molar-refractivity contribution is -0.130. The fourth-order valence-corrected chi connectivity index (χ4v) is 4.81. The number of pyridine rings is 1. The Morgan fingerprint density at radius 3 is 2.06 bits per heavy atom. The van der Waals surface area contributed by atoms with Gasteiger partial charge in [-0.25, -0.2) is 0 Å². The van der Waals surface area contributed by atoms with E-state index in [1.807, 2.05) is 41.0 Å². The van der Waals surface area contributed by atoms with Crippen molar-refractivity contribution in [2.24, 2.45) is 0 Å². The molecule has 3 amide bonds. The zero-order chi connectivity index (χ0) is 24.2. The van der Waals surface area contributed by atoms with Gasteiger partial charge in [-0.15, -0.1) is 0 Å². The van der Waals surface area contributed by atoms with Crippen molar-refractivity contribution >= 4 is 17.7 Å². The van der Waals surface area contributed by atoms with Crippen LogP contribution in [0.3, 0.4) is 0 Å². The third kappa shape index (κ3) is 4.90. The fourth-order valence-electron chi connectivity index (χ4n) is 4.81. The summed E-state index contributed by atoms with van der Waals surface area (Å²) in [5.41, 5.74) is 2.90. The van der Waals surface area contributed by atoms with Gasteiger partial charge < -0.3 is 19.4 Å². The molecule has 2 fully saturated rings. The number of rotatable bonds is 4. The summed E-state index contributed by atoms with van der Waals surface area (Å²) < 4.78 is 5.36. The van der Waals surface area contributed by atoms with Crippen LogP contribution in [0.25, 0.3) is 0 Å². The number of piperazine rings is 1. The number of carbonyl (C=O) groups is 3. The van der Waals surface area contributed by atoms with Crippen LogP contribution in [-0.2, 0) is 4.79 Å². The van der Waals surface area contributed by atoms with Crippen LogP contribution in [0.4, 0.5) is 0 Å². The molecule has 2 aromatic rings. The number of ether oxygens (including phenoxy) is 1. The molecule has 0 atom stereocenters. The van der Waals surface area contributed by atoms with Gasteiger partial charge in [0, 0.05) is 57.8 Å². The van der Waals surface area contributed by atoms with E-state index < -0.39 is 0 Å². The van der Waals surface area contributed by atoms with Gasteiger partial charge in [0.1, 0.15) is 5.75 Å². The summed E-state index contributed by atoms with van der Waals surface area (Å²) in [5.74, 6) is 0.664. The second-order valence-corrected chi connectivity index (χ2v) is 8.95. The maximum Gasteiger partial charge on any atom is 0.257 e. The number of para-hydroxylation sites is 1. The largest absolute Gasteiger partial charge is 0.496 e. The zero-order valence-corrected chi connectivity index (χ0v) is 20.1. The molecule has 2 aliphatic heterocycles. The average molecular weight is 465 g/mol. The van der Waals surface area contributed by atoms with Crippen LogP contribution in [0.1, 0.15) is 57.8 Å². The number of hydrogen-bond acceptors (Lipinski definition) is 5. The maximum absolute atomic E-state index is 13.4. The molecule has 0 N–H and O–H groups in total. The number of aryl methyl sites for hydroxylation is 1. The number of aromatic nitrogens is 1. The van der Waals surface area contributed by atoms with Gasteiger partial charge in [0.25, 0.3) is 11.8 Å². The molecule has 8 heteroatoms. The first-order valence-corrected chi connectivity index (χ1v) is 11.8. The van der Waals surface area contributed by atoms with Gasteiger partial charge >= 0.3 is 0 Å². The van der Waals surface area contributed by atoms with Gasteiger partial charge in [0.2, 0.25) is 5.91 Å². The van der Waals surface area contributed by atoms with Crippen molar-refractivity contribution in [2.75, 3.05) is 46.4 Å². The van der Waals surface area contributed by atoms with Gasteiger partial charge in [-0.05, 0) is 44.0 Å². The second-order valence-electron chi connectivity index (χ2n) is 8.95. The van der Waals surface area contributed by atoms with Crippen molar-refractivity contribution in [1.29, 1.82) is 0 Å². The van der Waals surface area contributed by atoms with Crippen molar-refractivity contribution in [3.63, 3.8) is 0 Å². The molecule has 34 heavy (non-hydrogen) atoms. The molecular weight excluding hydrogens is 432 g/mol. The maximum atomic E-state index is 13.4. The minimum absolute atomic E-state index is 0.0294. The highest BCUT2D eigenvalue weighted by Gasteiger charge is 2.31. The fraction of sp³-hybridized carbons (Fsp3) is 0.462. The Bertz CT molecular complexity index is 1070. The molecule has 0 bridgehead atoms. The summed E-state index contributed by atoms with van der Waals surface area (Å²) in [4.78, 5) is 48.3. The molecule has 2 saturated heterocycles. The number of amides is 3. The average Bonchev–Trinajstić information content (AvgIpc) is 2.88. The first-order chi connectivity index (χ1) is 16.4. The molecule has 0 spiro atoms. The van der Waals surface area contributed by atoms with Crippen LogP contribution in [0.15, 0.2) is 36.4 Å². The van der Waals surface area contributed by atoms with E-state index in [0.29, 0.717) is 56.1 Å². The Morgan fingerprint density at radius 1 is 0.824 bits per heavy atom. The van der Waals surface area contributed by atoms with Crippen LogP contribution in [0, 0.1) is 6.92 Å². The molecule has 8 nitrogen and oxygen atoms in total. The van der Waals surface area contributed by atoms with E-state index in [2.05, 4.69) is 0 Å². The molecule has 0 aliphatic carbocycles. The smallest absolute Gasteiger partial charge is 0.257 e. The molecule has 1 aromatic heterocycles. The highest BCUT2D eigenvalue weighted by atomic mass is 16.5. The normalized spacial score (nSPS) is 17.0. The van der Waals surface area contributed by atoms with E-state index in [4.69, 9.17) is 9.72 Å². The number of hydrogen-bond donors (Lipinski definition) is 0. The number of methoxy groups -OCH3 is 1. The minimum atomic E-state index is -0.0345. The first-order valence-electron chi connectivity index (χ1n) is 11.8. The quantitative estimate of drug-likeness (QED) is 0.695. The third-order valence-electron chi connectivity index (χ3n) is 6.81.